The van der Waals surface area contributed by atoms with Gasteiger partial charge in [-0.15, -0.1) is 0 Å². The van der Waals surface area contributed by atoms with Crippen LogP contribution in [-0.4, -0.2) is 29.3 Å². The van der Waals surface area contributed by atoms with Gasteiger partial charge in [0.1, 0.15) is 12.3 Å². The summed E-state index contributed by atoms with van der Waals surface area (Å²) in [5.74, 6) is 1.21. The van der Waals surface area contributed by atoms with Crippen molar-refractivity contribution in [1.29, 1.82) is 0 Å². The van der Waals surface area contributed by atoms with E-state index >= 15 is 0 Å². The quantitative estimate of drug-likeness (QED) is 0.332. The minimum absolute atomic E-state index is 0.0265. The first-order chi connectivity index (χ1) is 15.5. The number of rotatable bonds is 6. The Morgan fingerprint density at radius 1 is 1.19 bits per heavy atom. The molecule has 1 aliphatic heterocycles. The second kappa shape index (κ2) is 9.42. The number of hydrogen-bond donors (Lipinski definition) is 0. The first-order valence-electron chi connectivity index (χ1n) is 9.55. The number of hydrogen-bond acceptors (Lipinski definition) is 7. The smallest absolute Gasteiger partial charge is 0.276 e. The van der Waals surface area contributed by atoms with E-state index in [1.165, 1.54) is 25.6 Å². The van der Waals surface area contributed by atoms with Crippen molar-refractivity contribution < 1.29 is 19.1 Å². The predicted molar refractivity (Wildman–Crippen MR) is 121 cm³/mol. The molecule has 0 bridgehead atoms. The zero-order chi connectivity index (χ0) is 22.7. The number of benzene rings is 2. The summed E-state index contributed by atoms with van der Waals surface area (Å²) in [7, 11) is 1.51. The molecule has 2 aromatic carbocycles. The van der Waals surface area contributed by atoms with Crippen LogP contribution in [0, 0.1) is 10.1 Å². The maximum absolute atomic E-state index is 11.3. The Morgan fingerprint density at radius 2 is 1.94 bits per heavy atom. The number of nitrogens with zero attached hydrogens (tertiary/aromatic N) is 3. The lowest BCUT2D eigenvalue weighted by molar-refractivity contribution is -0.385. The van der Waals surface area contributed by atoms with Gasteiger partial charge in [-0.25, -0.2) is 4.99 Å². The van der Waals surface area contributed by atoms with Gasteiger partial charge in [0, 0.05) is 30.4 Å². The number of pyridine rings is 1. The van der Waals surface area contributed by atoms with Crippen LogP contribution in [0.4, 0.5) is 11.4 Å². The highest BCUT2D eigenvalue weighted by Gasteiger charge is 2.26. The average Bonchev–Trinajstić information content (AvgIpc) is 2.80. The van der Waals surface area contributed by atoms with Crippen LogP contribution in [0.15, 0.2) is 53.8 Å². The van der Waals surface area contributed by atoms with E-state index in [-0.39, 0.29) is 12.3 Å². The molecule has 2 heterocycles. The van der Waals surface area contributed by atoms with Crippen LogP contribution in [0.2, 0.25) is 10.0 Å². The minimum Gasteiger partial charge on any atom is -0.493 e. The van der Waals surface area contributed by atoms with Gasteiger partial charge in [-0.05, 0) is 18.2 Å². The first kappa shape index (κ1) is 21.9. The van der Waals surface area contributed by atoms with E-state index in [0.717, 1.165) is 0 Å². The van der Waals surface area contributed by atoms with E-state index in [1.54, 1.807) is 24.3 Å². The van der Waals surface area contributed by atoms with E-state index in [1.807, 2.05) is 6.07 Å². The monoisotopic (exact) mass is 473 g/mol. The fourth-order valence-electron chi connectivity index (χ4n) is 3.32. The summed E-state index contributed by atoms with van der Waals surface area (Å²) in [6, 6.07) is 9.93. The van der Waals surface area contributed by atoms with E-state index in [0.29, 0.717) is 62.8 Å². The van der Waals surface area contributed by atoms with Gasteiger partial charge in [-0.3, -0.25) is 15.1 Å². The molecule has 0 atom stereocenters. The molecule has 3 aromatic rings. The molecule has 10 heteroatoms. The van der Waals surface area contributed by atoms with Crippen LogP contribution in [0.3, 0.4) is 0 Å². The molecular formula is C22H17Cl2N3O5. The van der Waals surface area contributed by atoms with Crippen molar-refractivity contribution in [2.45, 2.75) is 13.0 Å². The van der Waals surface area contributed by atoms with Crippen LogP contribution in [0.25, 0.3) is 0 Å². The molecule has 1 aromatic heterocycles. The van der Waals surface area contributed by atoms with E-state index in [4.69, 9.17) is 37.4 Å². The van der Waals surface area contributed by atoms with Crippen LogP contribution in [0.1, 0.15) is 17.5 Å². The largest absolute Gasteiger partial charge is 0.493 e. The Morgan fingerprint density at radius 3 is 2.66 bits per heavy atom. The Balaban J connectivity index is 1.73. The second-order valence-electron chi connectivity index (χ2n) is 6.76. The summed E-state index contributed by atoms with van der Waals surface area (Å²) in [6.07, 6.45) is 3.47. The van der Waals surface area contributed by atoms with Crippen LogP contribution >= 0.6 is 23.2 Å². The molecule has 0 unspecified atom stereocenters. The fraction of sp³-hybridized carbons (Fsp3) is 0.182. The molecule has 0 fully saturated rings. The predicted octanol–water partition coefficient (Wildman–Crippen LogP) is 5.79. The zero-order valence-corrected chi connectivity index (χ0v) is 18.4. The number of nitro benzene ring substituents is 1. The third-order valence-corrected chi connectivity index (χ3v) is 5.38. The van der Waals surface area contributed by atoms with E-state index in [2.05, 4.69) is 9.98 Å². The van der Waals surface area contributed by atoms with Gasteiger partial charge >= 0.3 is 0 Å². The Hall–Kier alpha value is -3.36. The lowest BCUT2D eigenvalue weighted by Gasteiger charge is -2.23. The molecule has 164 valence electrons. The SMILES string of the molecule is COc1ccc2c(c1OCc1ccccc1[N+](=O)[O-])OCCC2=Nc1c(Cl)cncc1Cl. The minimum atomic E-state index is -0.445. The van der Waals surface area contributed by atoms with Crippen molar-refractivity contribution in [3.63, 3.8) is 0 Å². The summed E-state index contributed by atoms with van der Waals surface area (Å²) in [5, 5.41) is 12.0. The zero-order valence-electron chi connectivity index (χ0n) is 16.9. The summed E-state index contributed by atoms with van der Waals surface area (Å²) in [5.41, 5.74) is 2.22. The maximum atomic E-state index is 11.3. The van der Waals surface area contributed by atoms with Gasteiger partial charge in [0.05, 0.1) is 40.0 Å². The number of ether oxygens (including phenoxy) is 3. The van der Waals surface area contributed by atoms with Gasteiger partial charge < -0.3 is 14.2 Å². The molecule has 1 aliphatic rings. The highest BCUT2D eigenvalue weighted by Crippen LogP contribution is 2.44. The molecule has 0 spiro atoms. The average molecular weight is 474 g/mol. The summed E-state index contributed by atoms with van der Waals surface area (Å²) in [6.45, 7) is 0.309. The maximum Gasteiger partial charge on any atom is 0.276 e. The van der Waals surface area contributed by atoms with E-state index in [9.17, 15) is 10.1 Å². The summed E-state index contributed by atoms with van der Waals surface area (Å²) in [4.78, 5) is 19.5. The first-order valence-corrected chi connectivity index (χ1v) is 10.3. The molecular weight excluding hydrogens is 457 g/mol. The van der Waals surface area contributed by atoms with Crippen molar-refractivity contribution in [2.24, 2.45) is 4.99 Å². The van der Waals surface area contributed by atoms with Gasteiger partial charge in [-0.2, -0.15) is 0 Å². The number of methoxy groups -OCH3 is 1. The Bertz CT molecular complexity index is 1200. The second-order valence-corrected chi connectivity index (χ2v) is 7.57. The number of fused-ring (bicyclic) bond motifs is 1. The fourth-order valence-corrected chi connectivity index (χ4v) is 3.77. The molecule has 4 rings (SSSR count). The highest BCUT2D eigenvalue weighted by atomic mass is 35.5. The number of nitro groups is 1. The summed E-state index contributed by atoms with van der Waals surface area (Å²) >= 11 is 12.5. The number of halogens is 2. The molecule has 0 N–H and O–H groups in total. The highest BCUT2D eigenvalue weighted by molar-refractivity contribution is 6.38. The number of aliphatic imine (C=N–C) groups is 1. The lowest BCUT2D eigenvalue weighted by Crippen LogP contribution is -2.17. The molecule has 0 saturated heterocycles. The third kappa shape index (κ3) is 4.32. The van der Waals surface area contributed by atoms with Crippen LogP contribution < -0.4 is 14.2 Å². The van der Waals surface area contributed by atoms with Crippen molar-refractivity contribution >= 4 is 40.3 Å². The molecule has 0 aliphatic carbocycles. The van der Waals surface area contributed by atoms with Crippen molar-refractivity contribution in [2.75, 3.05) is 13.7 Å². The summed E-state index contributed by atoms with van der Waals surface area (Å²) < 4.78 is 17.3. The molecule has 32 heavy (non-hydrogen) atoms. The molecule has 0 amide bonds. The van der Waals surface area contributed by atoms with Gasteiger partial charge in [0.2, 0.25) is 5.75 Å². The van der Waals surface area contributed by atoms with Crippen LogP contribution in [0.5, 0.6) is 17.2 Å². The van der Waals surface area contributed by atoms with Gasteiger partial charge in [0.15, 0.2) is 11.5 Å². The van der Waals surface area contributed by atoms with Crippen molar-refractivity contribution in [1.82, 2.24) is 4.98 Å². The standard InChI is InChI=1S/C22H17Cl2N3O5/c1-30-19-7-6-14-17(26-20-15(23)10-25-11-16(20)24)8-9-31-21(14)22(19)32-12-13-4-2-3-5-18(13)27(28)29/h2-7,10-11H,8-9,12H2,1H3. The topological polar surface area (TPSA) is 96.1 Å². The van der Waals surface area contributed by atoms with E-state index < -0.39 is 4.92 Å². The Labute approximate surface area is 193 Å². The molecule has 8 nitrogen and oxygen atoms in total. The van der Waals surface area contributed by atoms with Crippen molar-refractivity contribution in [3.8, 4) is 17.2 Å². The van der Waals surface area contributed by atoms with Crippen LogP contribution in [-0.2, 0) is 6.61 Å². The Kier molecular flexibility index (Phi) is 6.43. The normalized spacial score (nSPS) is 13.9. The van der Waals surface area contributed by atoms with Gasteiger partial charge in [-0.1, -0.05) is 35.3 Å². The van der Waals surface area contributed by atoms with Crippen molar-refractivity contribution in [3.05, 3.63) is 80.1 Å². The molecule has 0 radical (unpaired) electrons. The number of para-hydroxylation sites is 1. The third-order valence-electron chi connectivity index (χ3n) is 4.83. The number of aromatic nitrogens is 1. The molecule has 0 saturated carbocycles. The van der Waals surface area contributed by atoms with Gasteiger partial charge in [0.25, 0.3) is 5.69 Å². The lowest BCUT2D eigenvalue weighted by atomic mass is 10.0.